The molecule has 0 saturated carbocycles. The number of carbonyl (C=O) groups excluding carboxylic acids is 2. The predicted octanol–water partition coefficient (Wildman–Crippen LogP) is 4.89. The maximum atomic E-state index is 13.1. The summed E-state index contributed by atoms with van der Waals surface area (Å²) in [5.41, 5.74) is 1.20. The number of aliphatic hydroxyl groups is 1. The Balaban J connectivity index is 2.05. The smallest absolute Gasteiger partial charge is 0.295 e. The summed E-state index contributed by atoms with van der Waals surface area (Å²) in [7, 11) is 0. The van der Waals surface area contributed by atoms with Gasteiger partial charge in [0.15, 0.2) is 0 Å². The first kappa shape index (κ1) is 24.8. The molecule has 1 saturated heterocycles. The van der Waals surface area contributed by atoms with Gasteiger partial charge in [0, 0.05) is 23.7 Å². The highest BCUT2D eigenvalue weighted by molar-refractivity contribution is 6.46. The molecule has 0 unspecified atom stereocenters. The zero-order valence-electron chi connectivity index (χ0n) is 19.5. The van der Waals surface area contributed by atoms with Gasteiger partial charge in [-0.2, -0.15) is 0 Å². The first-order valence-corrected chi connectivity index (χ1v) is 11.7. The second-order valence-corrected chi connectivity index (χ2v) is 8.70. The molecule has 1 aliphatic rings. The minimum Gasteiger partial charge on any atom is -0.507 e. The molecule has 2 aromatic rings. The Hall–Kier alpha value is -2.83. The molecule has 2 aromatic carbocycles. The van der Waals surface area contributed by atoms with E-state index in [1.807, 2.05) is 19.9 Å². The van der Waals surface area contributed by atoms with Crippen LogP contribution in [-0.4, -0.2) is 58.9 Å². The zero-order valence-corrected chi connectivity index (χ0v) is 20.3. The van der Waals surface area contributed by atoms with Crippen molar-refractivity contribution in [2.45, 2.75) is 39.8 Å². The summed E-state index contributed by atoms with van der Waals surface area (Å²) in [4.78, 5) is 29.9. The van der Waals surface area contributed by atoms with Crippen LogP contribution in [0.5, 0.6) is 5.75 Å². The van der Waals surface area contributed by atoms with E-state index in [-0.39, 0.29) is 17.4 Å². The highest BCUT2D eigenvalue weighted by Gasteiger charge is 2.46. The summed E-state index contributed by atoms with van der Waals surface area (Å²) in [6, 6.07) is 13.2. The van der Waals surface area contributed by atoms with Crippen LogP contribution in [0.4, 0.5) is 0 Å². The average Bonchev–Trinajstić information content (AvgIpc) is 3.04. The molecule has 0 aliphatic carbocycles. The maximum absolute atomic E-state index is 13.1. The van der Waals surface area contributed by atoms with Crippen LogP contribution < -0.4 is 4.74 Å². The largest absolute Gasteiger partial charge is 0.507 e. The van der Waals surface area contributed by atoms with Crippen LogP contribution in [0.2, 0.25) is 5.02 Å². The zero-order chi connectivity index (χ0) is 24.1. The number of ketones is 1. The molecule has 1 amide bonds. The van der Waals surface area contributed by atoms with Crippen LogP contribution >= 0.6 is 11.6 Å². The van der Waals surface area contributed by atoms with E-state index in [1.165, 1.54) is 4.90 Å². The van der Waals surface area contributed by atoms with Crippen molar-refractivity contribution in [2.24, 2.45) is 0 Å². The molecule has 3 rings (SSSR count). The molecule has 1 fully saturated rings. The summed E-state index contributed by atoms with van der Waals surface area (Å²) >= 11 is 6.23. The number of likely N-dealkylation sites (tertiary alicyclic amines) is 1. The minimum absolute atomic E-state index is 0.0170. The van der Waals surface area contributed by atoms with Crippen LogP contribution in [0.25, 0.3) is 5.76 Å². The van der Waals surface area contributed by atoms with Gasteiger partial charge < -0.3 is 19.6 Å². The van der Waals surface area contributed by atoms with E-state index >= 15 is 0 Å². The standard InChI is InChI=1S/C26H31ClN2O4/c1-5-28(6-2)14-15-29-23(19-8-7-9-20(27)16-19)22(25(31)26(29)32)24(30)18-10-12-21(13-11-18)33-17(3)4/h7-13,16-17,23,30H,5-6,14-15H2,1-4H3/b24-22+/t23-/m1/s1. The lowest BCUT2D eigenvalue weighted by atomic mass is 9.95. The van der Waals surface area contributed by atoms with Crippen LogP contribution in [-0.2, 0) is 9.59 Å². The number of carbonyl (C=O) groups is 2. The normalized spacial score (nSPS) is 17.9. The molecule has 0 spiro atoms. The quantitative estimate of drug-likeness (QED) is 0.321. The van der Waals surface area contributed by atoms with Crippen molar-refractivity contribution in [1.29, 1.82) is 0 Å². The summed E-state index contributed by atoms with van der Waals surface area (Å²) in [6.45, 7) is 10.6. The number of aliphatic hydroxyl groups excluding tert-OH is 1. The highest BCUT2D eigenvalue weighted by Crippen LogP contribution is 2.40. The van der Waals surface area contributed by atoms with Crippen LogP contribution in [0, 0.1) is 0 Å². The second kappa shape index (κ2) is 10.9. The van der Waals surface area contributed by atoms with E-state index in [0.29, 0.717) is 35.0 Å². The third-order valence-electron chi connectivity index (χ3n) is 5.76. The first-order chi connectivity index (χ1) is 15.8. The number of benzene rings is 2. The molecule has 7 heteroatoms. The van der Waals surface area contributed by atoms with Gasteiger partial charge in [0.2, 0.25) is 0 Å². The summed E-state index contributed by atoms with van der Waals surface area (Å²) in [5, 5.41) is 11.7. The lowest BCUT2D eigenvalue weighted by Gasteiger charge is -2.28. The van der Waals surface area contributed by atoms with E-state index in [9.17, 15) is 14.7 Å². The monoisotopic (exact) mass is 470 g/mol. The number of likely N-dealkylation sites (N-methyl/N-ethyl adjacent to an activating group) is 1. The highest BCUT2D eigenvalue weighted by atomic mass is 35.5. The molecule has 1 N–H and O–H groups in total. The number of Topliss-reactive ketones (excluding diaryl/α,β-unsaturated/α-hetero) is 1. The van der Waals surface area contributed by atoms with Crippen molar-refractivity contribution >= 4 is 29.1 Å². The van der Waals surface area contributed by atoms with Gasteiger partial charge in [0.1, 0.15) is 11.5 Å². The van der Waals surface area contributed by atoms with E-state index in [0.717, 1.165) is 13.1 Å². The first-order valence-electron chi connectivity index (χ1n) is 11.3. The molecular weight excluding hydrogens is 440 g/mol. The Morgan fingerprint density at radius 3 is 2.36 bits per heavy atom. The molecule has 6 nitrogen and oxygen atoms in total. The van der Waals surface area contributed by atoms with E-state index in [1.54, 1.807) is 42.5 Å². The van der Waals surface area contributed by atoms with Crippen molar-refractivity contribution in [3.63, 3.8) is 0 Å². The number of halogens is 1. The molecule has 0 aromatic heterocycles. The third-order valence-corrected chi connectivity index (χ3v) is 5.99. The molecular formula is C26H31ClN2O4. The number of hydrogen-bond acceptors (Lipinski definition) is 5. The topological polar surface area (TPSA) is 70.1 Å². The Morgan fingerprint density at radius 2 is 1.79 bits per heavy atom. The third kappa shape index (κ3) is 5.57. The lowest BCUT2D eigenvalue weighted by molar-refractivity contribution is -0.140. The number of amides is 1. The molecule has 0 radical (unpaired) electrons. The number of hydrogen-bond donors (Lipinski definition) is 1. The Labute approximate surface area is 200 Å². The maximum Gasteiger partial charge on any atom is 0.295 e. The van der Waals surface area contributed by atoms with Crippen LogP contribution in [0.1, 0.15) is 44.9 Å². The van der Waals surface area contributed by atoms with Gasteiger partial charge in [0.05, 0.1) is 17.7 Å². The van der Waals surface area contributed by atoms with E-state index in [2.05, 4.69) is 18.7 Å². The number of ether oxygens (including phenoxy) is 1. The number of nitrogens with zero attached hydrogens (tertiary/aromatic N) is 2. The van der Waals surface area contributed by atoms with Gasteiger partial charge in [-0.25, -0.2) is 0 Å². The van der Waals surface area contributed by atoms with Crippen molar-refractivity contribution in [1.82, 2.24) is 9.80 Å². The van der Waals surface area contributed by atoms with Crippen LogP contribution in [0.15, 0.2) is 54.1 Å². The molecule has 1 atom stereocenters. The fourth-order valence-corrected chi connectivity index (χ4v) is 4.24. The molecule has 176 valence electrons. The van der Waals surface area contributed by atoms with E-state index < -0.39 is 17.7 Å². The molecule has 0 bridgehead atoms. The summed E-state index contributed by atoms with van der Waals surface area (Å²) < 4.78 is 5.66. The summed E-state index contributed by atoms with van der Waals surface area (Å²) in [5.74, 6) is -0.861. The SMILES string of the molecule is CCN(CC)CCN1C(=O)C(=O)/C(=C(/O)c2ccc(OC(C)C)cc2)[C@H]1c1cccc(Cl)c1. The van der Waals surface area contributed by atoms with Gasteiger partial charge in [-0.1, -0.05) is 37.6 Å². The van der Waals surface area contributed by atoms with E-state index in [4.69, 9.17) is 16.3 Å². The minimum atomic E-state index is -0.717. The van der Waals surface area contributed by atoms with Crippen molar-refractivity contribution < 1.29 is 19.4 Å². The fourth-order valence-electron chi connectivity index (χ4n) is 4.04. The fraction of sp³-hybridized carbons (Fsp3) is 0.385. The molecule has 33 heavy (non-hydrogen) atoms. The van der Waals surface area contributed by atoms with Crippen molar-refractivity contribution in [3.8, 4) is 5.75 Å². The average molecular weight is 471 g/mol. The van der Waals surface area contributed by atoms with Crippen molar-refractivity contribution in [2.75, 3.05) is 26.2 Å². The Morgan fingerprint density at radius 1 is 1.12 bits per heavy atom. The molecule has 1 aliphatic heterocycles. The molecule has 1 heterocycles. The van der Waals surface area contributed by atoms with Gasteiger partial charge in [-0.15, -0.1) is 0 Å². The Bertz CT molecular complexity index is 1030. The van der Waals surface area contributed by atoms with Gasteiger partial charge >= 0.3 is 0 Å². The lowest BCUT2D eigenvalue weighted by Crippen LogP contribution is -2.38. The predicted molar refractivity (Wildman–Crippen MR) is 130 cm³/mol. The summed E-state index contributed by atoms with van der Waals surface area (Å²) in [6.07, 6.45) is 0.0170. The van der Waals surface area contributed by atoms with Gasteiger partial charge in [-0.3, -0.25) is 9.59 Å². The van der Waals surface area contributed by atoms with Crippen molar-refractivity contribution in [3.05, 3.63) is 70.3 Å². The van der Waals surface area contributed by atoms with Gasteiger partial charge in [-0.05, 0) is 68.9 Å². The van der Waals surface area contributed by atoms with Gasteiger partial charge in [0.25, 0.3) is 11.7 Å². The number of rotatable bonds is 9. The van der Waals surface area contributed by atoms with Crippen LogP contribution in [0.3, 0.4) is 0 Å². The Kier molecular flexibility index (Phi) is 8.16. The second-order valence-electron chi connectivity index (χ2n) is 8.27.